The summed E-state index contributed by atoms with van der Waals surface area (Å²) in [6, 6.07) is 7.80. The summed E-state index contributed by atoms with van der Waals surface area (Å²) in [5.74, 6) is -0.0791. The summed E-state index contributed by atoms with van der Waals surface area (Å²) in [5.41, 5.74) is 1.26. The van der Waals surface area contributed by atoms with Crippen LogP contribution >= 0.6 is 0 Å². The molecule has 0 saturated carbocycles. The van der Waals surface area contributed by atoms with Gasteiger partial charge in [0.2, 0.25) is 11.8 Å². The SMILES string of the molecule is CN1C(=O)[C@]2(CCCN(C(=O)CN3CCOC3=O)C2)c2ccccc21. The predicted octanol–water partition coefficient (Wildman–Crippen LogP) is 0.975. The van der Waals surface area contributed by atoms with Crippen molar-refractivity contribution in [1.29, 1.82) is 0 Å². The van der Waals surface area contributed by atoms with Crippen molar-refractivity contribution in [3.05, 3.63) is 29.8 Å². The Hall–Kier alpha value is -2.57. The number of carbonyl (C=O) groups excluding carboxylic acids is 3. The van der Waals surface area contributed by atoms with Crippen molar-refractivity contribution in [1.82, 2.24) is 9.80 Å². The molecule has 3 aliphatic heterocycles. The van der Waals surface area contributed by atoms with Crippen LogP contribution < -0.4 is 4.90 Å². The maximum Gasteiger partial charge on any atom is 0.410 e. The number of piperidine rings is 1. The first-order valence-electron chi connectivity index (χ1n) is 8.60. The highest BCUT2D eigenvalue weighted by Gasteiger charge is 2.52. The number of cyclic esters (lactones) is 1. The van der Waals surface area contributed by atoms with Gasteiger partial charge in [0, 0.05) is 25.8 Å². The topological polar surface area (TPSA) is 70.2 Å². The first kappa shape index (κ1) is 15.9. The zero-order chi connectivity index (χ0) is 17.6. The number of likely N-dealkylation sites (N-methyl/N-ethyl adjacent to an activating group) is 1. The monoisotopic (exact) mass is 343 g/mol. The third kappa shape index (κ3) is 2.37. The highest BCUT2D eigenvalue weighted by molar-refractivity contribution is 6.08. The van der Waals surface area contributed by atoms with Crippen molar-refractivity contribution in [3.63, 3.8) is 0 Å². The Kier molecular flexibility index (Phi) is 3.67. The predicted molar refractivity (Wildman–Crippen MR) is 90.3 cm³/mol. The van der Waals surface area contributed by atoms with Crippen molar-refractivity contribution in [2.75, 3.05) is 44.7 Å². The molecule has 2 fully saturated rings. The number of carbonyl (C=O) groups is 3. The van der Waals surface area contributed by atoms with Gasteiger partial charge in [-0.1, -0.05) is 18.2 Å². The number of amides is 3. The average Bonchev–Trinajstić information content (AvgIpc) is 3.12. The number of fused-ring (bicyclic) bond motifs is 2. The molecule has 3 aliphatic rings. The van der Waals surface area contributed by atoms with Gasteiger partial charge in [-0.05, 0) is 24.5 Å². The minimum atomic E-state index is -0.662. The minimum Gasteiger partial charge on any atom is -0.448 e. The second-order valence-electron chi connectivity index (χ2n) is 6.92. The number of hydrogen-bond donors (Lipinski definition) is 0. The second-order valence-corrected chi connectivity index (χ2v) is 6.92. The molecule has 0 N–H and O–H groups in total. The van der Waals surface area contributed by atoms with E-state index >= 15 is 0 Å². The van der Waals surface area contributed by atoms with E-state index in [1.165, 1.54) is 4.90 Å². The van der Waals surface area contributed by atoms with E-state index in [0.717, 1.165) is 24.1 Å². The smallest absolute Gasteiger partial charge is 0.410 e. The van der Waals surface area contributed by atoms with E-state index in [9.17, 15) is 14.4 Å². The van der Waals surface area contributed by atoms with E-state index in [4.69, 9.17) is 4.74 Å². The molecule has 1 atom stereocenters. The number of nitrogens with zero attached hydrogens (tertiary/aromatic N) is 3. The van der Waals surface area contributed by atoms with Crippen molar-refractivity contribution in [2.45, 2.75) is 18.3 Å². The number of rotatable bonds is 2. The lowest BCUT2D eigenvalue weighted by Gasteiger charge is -2.39. The number of ether oxygens (including phenoxy) is 1. The third-order valence-corrected chi connectivity index (χ3v) is 5.51. The molecule has 3 amide bonds. The maximum absolute atomic E-state index is 13.0. The number of likely N-dealkylation sites (tertiary alicyclic amines) is 1. The van der Waals surface area contributed by atoms with Crippen LogP contribution in [0.2, 0.25) is 0 Å². The first-order chi connectivity index (χ1) is 12.0. The largest absolute Gasteiger partial charge is 0.448 e. The Morgan fingerprint density at radius 2 is 2.04 bits per heavy atom. The molecule has 0 unspecified atom stereocenters. The van der Waals surface area contributed by atoms with Gasteiger partial charge in [0.15, 0.2) is 0 Å². The normalized spacial score (nSPS) is 25.6. The van der Waals surface area contributed by atoms with E-state index in [1.54, 1.807) is 16.8 Å². The quantitative estimate of drug-likeness (QED) is 0.802. The summed E-state index contributed by atoms with van der Waals surface area (Å²) in [7, 11) is 1.79. The number of benzene rings is 1. The molecule has 1 spiro atoms. The van der Waals surface area contributed by atoms with Gasteiger partial charge in [0.05, 0.1) is 12.0 Å². The van der Waals surface area contributed by atoms with Gasteiger partial charge in [0.1, 0.15) is 13.2 Å². The van der Waals surface area contributed by atoms with Crippen LogP contribution in [0.15, 0.2) is 24.3 Å². The molecule has 1 aromatic carbocycles. The van der Waals surface area contributed by atoms with Crippen LogP contribution in [0.5, 0.6) is 0 Å². The van der Waals surface area contributed by atoms with Crippen LogP contribution in [-0.2, 0) is 19.7 Å². The Morgan fingerprint density at radius 3 is 2.80 bits per heavy atom. The van der Waals surface area contributed by atoms with Crippen LogP contribution in [0, 0.1) is 0 Å². The van der Waals surface area contributed by atoms with Crippen LogP contribution in [-0.4, -0.2) is 67.5 Å². The number of hydrogen-bond acceptors (Lipinski definition) is 4. The Labute approximate surface area is 146 Å². The summed E-state index contributed by atoms with van der Waals surface area (Å²) in [6.45, 7) is 1.76. The van der Waals surface area contributed by atoms with Crippen LogP contribution in [0.3, 0.4) is 0 Å². The Balaban J connectivity index is 1.58. The van der Waals surface area contributed by atoms with Crippen molar-refractivity contribution >= 4 is 23.6 Å². The Bertz CT molecular complexity index is 750. The minimum absolute atomic E-state index is 0.0145. The molecule has 25 heavy (non-hydrogen) atoms. The summed E-state index contributed by atoms with van der Waals surface area (Å²) in [4.78, 5) is 42.1. The fourth-order valence-electron chi connectivity index (χ4n) is 4.21. The highest BCUT2D eigenvalue weighted by atomic mass is 16.6. The maximum atomic E-state index is 13.0. The van der Waals surface area contributed by atoms with Crippen molar-refractivity contribution in [3.8, 4) is 0 Å². The molecular weight excluding hydrogens is 322 g/mol. The van der Waals surface area contributed by atoms with E-state index in [0.29, 0.717) is 26.2 Å². The Morgan fingerprint density at radius 1 is 1.24 bits per heavy atom. The van der Waals surface area contributed by atoms with E-state index in [2.05, 4.69) is 0 Å². The van der Waals surface area contributed by atoms with Gasteiger partial charge < -0.3 is 14.5 Å². The zero-order valence-corrected chi connectivity index (χ0v) is 14.2. The van der Waals surface area contributed by atoms with Gasteiger partial charge >= 0.3 is 6.09 Å². The van der Waals surface area contributed by atoms with Crippen molar-refractivity contribution in [2.24, 2.45) is 0 Å². The van der Waals surface area contributed by atoms with Gasteiger partial charge in [-0.3, -0.25) is 14.5 Å². The molecule has 0 aliphatic carbocycles. The molecule has 0 radical (unpaired) electrons. The van der Waals surface area contributed by atoms with Crippen molar-refractivity contribution < 1.29 is 19.1 Å². The molecule has 4 rings (SSSR count). The lowest BCUT2D eigenvalue weighted by Crippen LogP contribution is -2.54. The summed E-state index contributed by atoms with van der Waals surface area (Å²) < 4.78 is 4.88. The van der Waals surface area contributed by atoms with E-state index < -0.39 is 11.5 Å². The lowest BCUT2D eigenvalue weighted by atomic mass is 9.75. The van der Waals surface area contributed by atoms with Crippen LogP contribution in [0.1, 0.15) is 18.4 Å². The summed E-state index contributed by atoms with van der Waals surface area (Å²) >= 11 is 0. The van der Waals surface area contributed by atoms with Gasteiger partial charge in [0.25, 0.3) is 0 Å². The summed E-state index contributed by atoms with van der Waals surface area (Å²) in [6.07, 6.45) is 1.06. The fraction of sp³-hybridized carbons (Fsp3) is 0.500. The molecule has 132 valence electrons. The molecule has 0 bridgehead atoms. The highest BCUT2D eigenvalue weighted by Crippen LogP contribution is 2.46. The van der Waals surface area contributed by atoms with E-state index in [1.807, 2.05) is 24.3 Å². The summed E-state index contributed by atoms with van der Waals surface area (Å²) in [5, 5.41) is 0. The molecule has 2 saturated heterocycles. The third-order valence-electron chi connectivity index (χ3n) is 5.51. The molecular formula is C18H21N3O4. The molecule has 1 aromatic rings. The molecule has 3 heterocycles. The van der Waals surface area contributed by atoms with Gasteiger partial charge in [-0.15, -0.1) is 0 Å². The number of para-hydroxylation sites is 1. The molecule has 0 aromatic heterocycles. The standard InChI is InChI=1S/C18H21N3O4/c1-19-14-6-3-2-5-13(14)18(16(19)23)7-4-8-21(12-18)15(22)11-20-9-10-25-17(20)24/h2-3,5-6H,4,7-12H2,1H3/t18-/m0/s1. The van der Waals surface area contributed by atoms with E-state index in [-0.39, 0.29) is 18.4 Å². The molecule has 7 nitrogen and oxygen atoms in total. The zero-order valence-electron chi connectivity index (χ0n) is 14.2. The fourth-order valence-corrected chi connectivity index (χ4v) is 4.21. The average molecular weight is 343 g/mol. The van der Waals surface area contributed by atoms with Gasteiger partial charge in [-0.2, -0.15) is 0 Å². The number of anilines is 1. The first-order valence-corrected chi connectivity index (χ1v) is 8.60. The van der Waals surface area contributed by atoms with Gasteiger partial charge in [-0.25, -0.2) is 4.79 Å². The lowest BCUT2D eigenvalue weighted by molar-refractivity contribution is -0.136. The second kappa shape index (κ2) is 5.75. The molecule has 7 heteroatoms. The van der Waals surface area contributed by atoms with Crippen LogP contribution in [0.25, 0.3) is 0 Å². The van der Waals surface area contributed by atoms with Crippen LogP contribution in [0.4, 0.5) is 10.5 Å².